The topological polar surface area (TPSA) is 50.8 Å². The summed E-state index contributed by atoms with van der Waals surface area (Å²) in [7, 11) is 1.60. The van der Waals surface area contributed by atoms with E-state index in [1.807, 2.05) is 17.0 Å². The molecule has 130 valence electrons. The van der Waals surface area contributed by atoms with Crippen molar-refractivity contribution in [3.8, 4) is 11.5 Å². The first-order valence-corrected chi connectivity index (χ1v) is 8.07. The van der Waals surface area contributed by atoms with Crippen LogP contribution in [0.5, 0.6) is 11.5 Å². The standard InChI is InChI=1S/C17H26N2O3.ClH/c1-3-4-12-22-15-7-6-14(13-16(15)21-2)17(20)19-10-5-8-18-9-11-19;/h6-7,13,18H,3-5,8-12H2,1-2H3;1H. The summed E-state index contributed by atoms with van der Waals surface area (Å²) >= 11 is 0. The molecule has 2 rings (SSSR count). The number of carbonyl (C=O) groups excluding carboxylic acids is 1. The monoisotopic (exact) mass is 342 g/mol. The van der Waals surface area contributed by atoms with E-state index >= 15 is 0 Å². The molecule has 1 saturated heterocycles. The Kier molecular flexibility index (Phi) is 8.81. The molecule has 1 heterocycles. The van der Waals surface area contributed by atoms with Gasteiger partial charge in [0.15, 0.2) is 11.5 Å². The van der Waals surface area contributed by atoms with Crippen LogP contribution in [0.25, 0.3) is 0 Å². The lowest BCUT2D eigenvalue weighted by Crippen LogP contribution is -2.34. The third-order valence-electron chi connectivity index (χ3n) is 3.79. The van der Waals surface area contributed by atoms with Crippen LogP contribution in [0.2, 0.25) is 0 Å². The number of rotatable bonds is 6. The third kappa shape index (κ3) is 5.59. The fraction of sp³-hybridized carbons (Fsp3) is 0.588. The molecule has 1 N–H and O–H groups in total. The number of methoxy groups -OCH3 is 1. The molecule has 1 amide bonds. The zero-order valence-electron chi connectivity index (χ0n) is 14.0. The summed E-state index contributed by atoms with van der Waals surface area (Å²) in [6.07, 6.45) is 3.08. The van der Waals surface area contributed by atoms with E-state index in [-0.39, 0.29) is 18.3 Å². The van der Waals surface area contributed by atoms with Gasteiger partial charge in [-0.15, -0.1) is 12.4 Å². The summed E-state index contributed by atoms with van der Waals surface area (Å²) in [6.45, 7) is 6.15. The van der Waals surface area contributed by atoms with E-state index in [0.717, 1.165) is 45.4 Å². The minimum Gasteiger partial charge on any atom is -0.493 e. The molecule has 1 aromatic rings. The van der Waals surface area contributed by atoms with Gasteiger partial charge in [0, 0.05) is 25.2 Å². The van der Waals surface area contributed by atoms with Crippen molar-refractivity contribution in [3.05, 3.63) is 23.8 Å². The molecule has 0 aromatic heterocycles. The van der Waals surface area contributed by atoms with Gasteiger partial charge in [-0.25, -0.2) is 0 Å². The number of carbonyl (C=O) groups is 1. The van der Waals surface area contributed by atoms with Crippen LogP contribution in [0, 0.1) is 0 Å². The minimum absolute atomic E-state index is 0. The Bertz CT molecular complexity index is 489. The van der Waals surface area contributed by atoms with Gasteiger partial charge in [-0.1, -0.05) is 13.3 Å². The lowest BCUT2D eigenvalue weighted by molar-refractivity contribution is 0.0766. The Morgan fingerprint density at radius 2 is 2.09 bits per heavy atom. The highest BCUT2D eigenvalue weighted by Gasteiger charge is 2.18. The van der Waals surface area contributed by atoms with Gasteiger partial charge in [0.25, 0.3) is 5.91 Å². The van der Waals surface area contributed by atoms with Gasteiger partial charge in [-0.2, -0.15) is 0 Å². The number of ether oxygens (including phenoxy) is 2. The maximum absolute atomic E-state index is 12.6. The van der Waals surface area contributed by atoms with Gasteiger partial charge in [0.1, 0.15) is 0 Å². The van der Waals surface area contributed by atoms with Crippen LogP contribution in [0.15, 0.2) is 18.2 Å². The number of hydrogen-bond donors (Lipinski definition) is 1. The van der Waals surface area contributed by atoms with E-state index in [1.54, 1.807) is 13.2 Å². The van der Waals surface area contributed by atoms with Gasteiger partial charge < -0.3 is 19.7 Å². The Labute approximate surface area is 144 Å². The van der Waals surface area contributed by atoms with Crippen LogP contribution in [0.3, 0.4) is 0 Å². The predicted octanol–water partition coefficient (Wildman–Crippen LogP) is 2.73. The van der Waals surface area contributed by atoms with Crippen molar-refractivity contribution in [2.75, 3.05) is 39.9 Å². The largest absolute Gasteiger partial charge is 0.493 e. The molecule has 0 bridgehead atoms. The van der Waals surface area contributed by atoms with Crippen molar-refractivity contribution in [1.82, 2.24) is 10.2 Å². The van der Waals surface area contributed by atoms with E-state index in [2.05, 4.69) is 12.2 Å². The number of halogens is 1. The molecule has 1 aliphatic rings. The highest BCUT2D eigenvalue weighted by molar-refractivity contribution is 5.95. The number of hydrogen-bond acceptors (Lipinski definition) is 4. The number of unbranched alkanes of at least 4 members (excludes halogenated alkanes) is 1. The van der Waals surface area contributed by atoms with E-state index < -0.39 is 0 Å². The van der Waals surface area contributed by atoms with Crippen molar-refractivity contribution in [2.45, 2.75) is 26.2 Å². The molecule has 0 atom stereocenters. The molecule has 0 unspecified atom stereocenters. The van der Waals surface area contributed by atoms with Crippen molar-refractivity contribution in [2.24, 2.45) is 0 Å². The van der Waals surface area contributed by atoms with Gasteiger partial charge in [-0.3, -0.25) is 4.79 Å². The van der Waals surface area contributed by atoms with Crippen LogP contribution in [-0.4, -0.2) is 50.7 Å². The second-order valence-corrected chi connectivity index (χ2v) is 5.46. The average Bonchev–Trinajstić information content (AvgIpc) is 2.84. The molecule has 0 saturated carbocycles. The lowest BCUT2D eigenvalue weighted by atomic mass is 10.1. The average molecular weight is 343 g/mol. The maximum Gasteiger partial charge on any atom is 0.254 e. The van der Waals surface area contributed by atoms with Crippen molar-refractivity contribution in [1.29, 1.82) is 0 Å². The molecule has 0 radical (unpaired) electrons. The summed E-state index contributed by atoms with van der Waals surface area (Å²) in [5.74, 6) is 1.38. The molecule has 1 fully saturated rings. The summed E-state index contributed by atoms with van der Waals surface area (Å²) in [5, 5.41) is 3.31. The fourth-order valence-corrected chi connectivity index (χ4v) is 2.48. The van der Waals surface area contributed by atoms with Crippen molar-refractivity contribution in [3.63, 3.8) is 0 Å². The third-order valence-corrected chi connectivity index (χ3v) is 3.79. The summed E-state index contributed by atoms with van der Waals surface area (Å²) in [4.78, 5) is 14.5. The zero-order chi connectivity index (χ0) is 15.8. The van der Waals surface area contributed by atoms with Gasteiger partial charge in [0.2, 0.25) is 0 Å². The predicted molar refractivity (Wildman–Crippen MR) is 94.0 cm³/mol. The molecular weight excluding hydrogens is 316 g/mol. The van der Waals surface area contributed by atoms with Crippen LogP contribution in [0.4, 0.5) is 0 Å². The Morgan fingerprint density at radius 1 is 1.26 bits per heavy atom. The molecule has 0 aliphatic carbocycles. The Hall–Kier alpha value is -1.46. The maximum atomic E-state index is 12.6. The summed E-state index contributed by atoms with van der Waals surface area (Å²) < 4.78 is 11.1. The number of nitrogens with zero attached hydrogens (tertiary/aromatic N) is 1. The van der Waals surface area contributed by atoms with Crippen molar-refractivity contribution < 1.29 is 14.3 Å². The van der Waals surface area contributed by atoms with Gasteiger partial charge in [0.05, 0.1) is 13.7 Å². The van der Waals surface area contributed by atoms with Gasteiger partial charge in [-0.05, 0) is 37.6 Å². The molecule has 1 aromatic carbocycles. The van der Waals surface area contributed by atoms with Crippen LogP contribution in [-0.2, 0) is 0 Å². The second kappa shape index (κ2) is 10.3. The number of benzene rings is 1. The van der Waals surface area contributed by atoms with E-state index in [1.165, 1.54) is 0 Å². The highest BCUT2D eigenvalue weighted by Crippen LogP contribution is 2.28. The fourth-order valence-electron chi connectivity index (χ4n) is 2.48. The minimum atomic E-state index is 0. The summed E-state index contributed by atoms with van der Waals surface area (Å²) in [5.41, 5.74) is 0.654. The first-order valence-electron chi connectivity index (χ1n) is 8.07. The molecule has 23 heavy (non-hydrogen) atoms. The van der Waals surface area contributed by atoms with Crippen LogP contribution < -0.4 is 14.8 Å². The SMILES string of the molecule is CCCCOc1ccc(C(=O)N2CCCNCC2)cc1OC.Cl. The molecule has 6 heteroatoms. The smallest absolute Gasteiger partial charge is 0.254 e. The van der Waals surface area contributed by atoms with Crippen LogP contribution >= 0.6 is 12.4 Å². The molecular formula is C17H27ClN2O3. The summed E-state index contributed by atoms with van der Waals surface area (Å²) in [6, 6.07) is 5.43. The van der Waals surface area contributed by atoms with E-state index in [9.17, 15) is 4.79 Å². The van der Waals surface area contributed by atoms with Crippen LogP contribution in [0.1, 0.15) is 36.5 Å². The van der Waals surface area contributed by atoms with Gasteiger partial charge >= 0.3 is 0 Å². The Morgan fingerprint density at radius 3 is 2.83 bits per heavy atom. The second-order valence-electron chi connectivity index (χ2n) is 5.46. The molecule has 5 nitrogen and oxygen atoms in total. The van der Waals surface area contributed by atoms with Crippen molar-refractivity contribution >= 4 is 18.3 Å². The number of nitrogens with one attached hydrogen (secondary N) is 1. The molecule has 1 aliphatic heterocycles. The normalized spacial score (nSPS) is 14.6. The first kappa shape index (κ1) is 19.6. The number of amides is 1. The first-order chi connectivity index (χ1) is 10.8. The highest BCUT2D eigenvalue weighted by atomic mass is 35.5. The lowest BCUT2D eigenvalue weighted by Gasteiger charge is -2.20. The quantitative estimate of drug-likeness (QED) is 0.808. The van der Waals surface area contributed by atoms with E-state index in [0.29, 0.717) is 23.7 Å². The molecule has 0 spiro atoms. The Balaban J connectivity index is 0.00000264. The van der Waals surface area contributed by atoms with E-state index in [4.69, 9.17) is 9.47 Å². The zero-order valence-corrected chi connectivity index (χ0v) is 14.8.